The van der Waals surface area contributed by atoms with Gasteiger partial charge in [-0.05, 0) is 18.2 Å². The van der Waals surface area contributed by atoms with Crippen LogP contribution in [0.25, 0.3) is 0 Å². The van der Waals surface area contributed by atoms with Crippen molar-refractivity contribution in [3.8, 4) is 0 Å². The van der Waals surface area contributed by atoms with E-state index in [2.05, 4.69) is 10.5 Å². The Morgan fingerprint density at radius 3 is 2.53 bits per heavy atom. The van der Waals surface area contributed by atoms with Crippen molar-refractivity contribution < 1.29 is 4.79 Å². The molecule has 0 amide bonds. The number of anilines is 1. The second-order valence-electron chi connectivity index (χ2n) is 2.70. The number of hydrogen-bond donors (Lipinski definition) is 1. The first kappa shape index (κ1) is 12.3. The second kappa shape index (κ2) is 5.35. The summed E-state index contributed by atoms with van der Waals surface area (Å²) in [5, 5.41) is 4.37. The van der Waals surface area contributed by atoms with Gasteiger partial charge in [0, 0.05) is 6.92 Å². The highest BCUT2D eigenvalue weighted by atomic mass is 35.5. The molecule has 0 fully saturated rings. The van der Waals surface area contributed by atoms with Crippen LogP contribution in [-0.2, 0) is 4.79 Å². The number of nitrogens with zero attached hydrogens (tertiary/aromatic N) is 1. The lowest BCUT2D eigenvalue weighted by atomic mass is 10.3. The smallest absolute Gasteiger partial charge is 0.191 e. The topological polar surface area (TPSA) is 41.5 Å². The van der Waals surface area contributed by atoms with Crippen molar-refractivity contribution in [2.24, 2.45) is 5.10 Å². The maximum absolute atomic E-state index is 10.7. The Morgan fingerprint density at radius 2 is 2.00 bits per heavy atom. The Labute approximate surface area is 102 Å². The van der Waals surface area contributed by atoms with E-state index in [1.54, 1.807) is 18.2 Å². The Bertz CT molecular complexity index is 418. The minimum Gasteiger partial charge on any atom is -0.292 e. The average Bonchev–Trinajstić information content (AvgIpc) is 2.19. The molecular weight excluding hydrogens is 258 g/mol. The van der Waals surface area contributed by atoms with Gasteiger partial charge in [0.1, 0.15) is 0 Å². The summed E-state index contributed by atoms with van der Waals surface area (Å²) in [5.41, 5.74) is 3.19. The lowest BCUT2D eigenvalue weighted by Gasteiger charge is -2.02. The van der Waals surface area contributed by atoms with E-state index >= 15 is 0 Å². The number of ketones is 1. The Balaban J connectivity index is 2.78. The zero-order valence-corrected chi connectivity index (χ0v) is 9.99. The molecule has 80 valence electrons. The number of carbonyl (C=O) groups excluding carboxylic acids is 1. The van der Waals surface area contributed by atoms with Crippen LogP contribution in [0.2, 0.25) is 10.0 Å². The van der Waals surface area contributed by atoms with E-state index in [0.29, 0.717) is 15.7 Å². The summed E-state index contributed by atoms with van der Waals surface area (Å²) in [6.07, 6.45) is 0. The van der Waals surface area contributed by atoms with Gasteiger partial charge in [-0.25, -0.2) is 0 Å². The molecule has 1 N–H and O–H groups in total. The number of benzene rings is 1. The molecule has 0 spiro atoms. The van der Waals surface area contributed by atoms with Gasteiger partial charge >= 0.3 is 0 Å². The SMILES string of the molecule is CC(=O)/C(Cl)=N/Nc1ccc(Cl)c(Cl)c1. The van der Waals surface area contributed by atoms with Gasteiger partial charge in [-0.2, -0.15) is 5.10 Å². The summed E-state index contributed by atoms with van der Waals surface area (Å²) < 4.78 is 0. The van der Waals surface area contributed by atoms with Crippen molar-refractivity contribution in [1.82, 2.24) is 0 Å². The Hall–Kier alpha value is -0.770. The van der Waals surface area contributed by atoms with Crippen LogP contribution in [0.1, 0.15) is 6.92 Å². The highest BCUT2D eigenvalue weighted by Gasteiger charge is 2.01. The van der Waals surface area contributed by atoms with Crippen molar-refractivity contribution in [3.05, 3.63) is 28.2 Å². The third-order valence-electron chi connectivity index (χ3n) is 1.49. The Kier molecular flexibility index (Phi) is 4.39. The summed E-state index contributed by atoms with van der Waals surface area (Å²) in [5.74, 6) is -0.316. The summed E-state index contributed by atoms with van der Waals surface area (Å²) in [6, 6.07) is 4.86. The van der Waals surface area contributed by atoms with Crippen LogP contribution in [0, 0.1) is 0 Å². The monoisotopic (exact) mass is 264 g/mol. The first-order chi connectivity index (χ1) is 7.00. The maximum Gasteiger partial charge on any atom is 0.191 e. The fraction of sp³-hybridized carbons (Fsp3) is 0.111. The minimum absolute atomic E-state index is 0.124. The molecule has 0 unspecified atom stereocenters. The molecule has 0 aliphatic rings. The molecule has 0 bridgehead atoms. The predicted octanol–water partition coefficient (Wildman–Crippen LogP) is 3.55. The minimum atomic E-state index is -0.316. The second-order valence-corrected chi connectivity index (χ2v) is 3.87. The zero-order valence-electron chi connectivity index (χ0n) is 7.72. The molecule has 0 aromatic heterocycles. The number of Topliss-reactive ketones (excluding diaryl/α,β-unsaturated/α-hetero) is 1. The molecule has 0 aliphatic carbocycles. The molecule has 0 atom stereocenters. The third-order valence-corrected chi connectivity index (χ3v) is 2.58. The predicted molar refractivity (Wildman–Crippen MR) is 64.1 cm³/mol. The molecular formula is C9H7Cl3N2O. The van der Waals surface area contributed by atoms with Crippen LogP contribution in [0.5, 0.6) is 0 Å². The van der Waals surface area contributed by atoms with Crippen LogP contribution in [-0.4, -0.2) is 11.0 Å². The first-order valence-electron chi connectivity index (χ1n) is 3.96. The average molecular weight is 266 g/mol. The molecule has 6 heteroatoms. The van der Waals surface area contributed by atoms with Crippen molar-refractivity contribution >= 4 is 51.4 Å². The van der Waals surface area contributed by atoms with Crippen molar-refractivity contribution in [1.29, 1.82) is 0 Å². The standard InChI is InChI=1S/C9H7Cl3N2O/c1-5(15)9(12)14-13-6-2-3-7(10)8(11)4-6/h2-4,13H,1H3/b14-9-. The van der Waals surface area contributed by atoms with Crippen molar-refractivity contribution in [2.75, 3.05) is 5.43 Å². The summed E-state index contributed by atoms with van der Waals surface area (Å²) in [7, 11) is 0. The van der Waals surface area contributed by atoms with Crippen molar-refractivity contribution in [2.45, 2.75) is 6.92 Å². The van der Waals surface area contributed by atoms with Gasteiger partial charge in [-0.15, -0.1) is 0 Å². The molecule has 0 saturated heterocycles. The summed E-state index contributed by atoms with van der Waals surface area (Å²) in [6.45, 7) is 1.32. The molecule has 0 saturated carbocycles. The van der Waals surface area contributed by atoms with E-state index in [1.165, 1.54) is 6.92 Å². The maximum atomic E-state index is 10.7. The van der Waals surface area contributed by atoms with Crippen LogP contribution in [0.3, 0.4) is 0 Å². The van der Waals surface area contributed by atoms with Crippen LogP contribution < -0.4 is 5.43 Å². The third kappa shape index (κ3) is 3.70. The number of rotatable bonds is 3. The lowest BCUT2D eigenvalue weighted by molar-refractivity contribution is -0.110. The van der Waals surface area contributed by atoms with Gasteiger partial charge in [0.2, 0.25) is 0 Å². The molecule has 1 aromatic rings. The van der Waals surface area contributed by atoms with Gasteiger partial charge < -0.3 is 0 Å². The molecule has 1 rings (SSSR count). The number of carbonyl (C=O) groups is 1. The van der Waals surface area contributed by atoms with Gasteiger partial charge in [0.25, 0.3) is 0 Å². The van der Waals surface area contributed by atoms with Gasteiger partial charge in [0.15, 0.2) is 11.0 Å². The molecule has 0 aliphatic heterocycles. The van der Waals surface area contributed by atoms with E-state index < -0.39 is 0 Å². The molecule has 0 radical (unpaired) electrons. The number of halogens is 3. The number of hydrogen-bond acceptors (Lipinski definition) is 3. The normalized spacial score (nSPS) is 11.3. The zero-order chi connectivity index (χ0) is 11.4. The van der Waals surface area contributed by atoms with Gasteiger partial charge in [0.05, 0.1) is 15.7 Å². The quantitative estimate of drug-likeness (QED) is 0.671. The van der Waals surface area contributed by atoms with Crippen LogP contribution in [0.4, 0.5) is 5.69 Å². The van der Waals surface area contributed by atoms with E-state index in [0.717, 1.165) is 0 Å². The van der Waals surface area contributed by atoms with E-state index in [4.69, 9.17) is 34.8 Å². The fourth-order valence-electron chi connectivity index (χ4n) is 0.758. The molecule has 1 aromatic carbocycles. The number of hydrazone groups is 1. The largest absolute Gasteiger partial charge is 0.292 e. The lowest BCUT2D eigenvalue weighted by Crippen LogP contribution is -2.04. The highest BCUT2D eigenvalue weighted by molar-refractivity contribution is 6.82. The van der Waals surface area contributed by atoms with Crippen LogP contribution in [0.15, 0.2) is 23.3 Å². The van der Waals surface area contributed by atoms with E-state index in [9.17, 15) is 4.79 Å². The van der Waals surface area contributed by atoms with Gasteiger partial charge in [-0.3, -0.25) is 10.2 Å². The molecule has 3 nitrogen and oxygen atoms in total. The van der Waals surface area contributed by atoms with Crippen LogP contribution >= 0.6 is 34.8 Å². The Morgan fingerprint density at radius 1 is 1.33 bits per heavy atom. The van der Waals surface area contributed by atoms with Crippen molar-refractivity contribution in [3.63, 3.8) is 0 Å². The summed E-state index contributed by atoms with van der Waals surface area (Å²) >= 11 is 17.0. The first-order valence-corrected chi connectivity index (χ1v) is 5.09. The van der Waals surface area contributed by atoms with E-state index in [1.807, 2.05) is 0 Å². The molecule has 15 heavy (non-hydrogen) atoms. The fourth-order valence-corrected chi connectivity index (χ4v) is 1.10. The molecule has 0 heterocycles. The number of nitrogens with one attached hydrogen (secondary N) is 1. The summed E-state index contributed by atoms with van der Waals surface area (Å²) in [4.78, 5) is 10.7. The van der Waals surface area contributed by atoms with E-state index in [-0.39, 0.29) is 11.0 Å². The van der Waals surface area contributed by atoms with Gasteiger partial charge in [-0.1, -0.05) is 34.8 Å². The highest BCUT2D eigenvalue weighted by Crippen LogP contribution is 2.24.